The quantitative estimate of drug-likeness (QED) is 0.771. The number of aromatic amines is 2. The van der Waals surface area contributed by atoms with E-state index in [1.165, 1.54) is 0 Å². The van der Waals surface area contributed by atoms with Gasteiger partial charge < -0.3 is 4.98 Å². The van der Waals surface area contributed by atoms with Crippen molar-refractivity contribution in [3.8, 4) is 0 Å². The summed E-state index contributed by atoms with van der Waals surface area (Å²) in [6.07, 6.45) is 0.759. The second-order valence-electron chi connectivity index (χ2n) is 3.67. The fourth-order valence-electron chi connectivity index (χ4n) is 1.37. The van der Waals surface area contributed by atoms with E-state index < -0.39 is 32.0 Å². The minimum atomic E-state index is -4.24. The highest BCUT2D eigenvalue weighted by molar-refractivity contribution is 7.92. The van der Waals surface area contributed by atoms with Gasteiger partial charge in [-0.15, -0.1) is 0 Å². The van der Waals surface area contributed by atoms with Crippen LogP contribution in [-0.4, -0.2) is 18.4 Å². The Hall–Kier alpha value is -2.13. The zero-order chi connectivity index (χ0) is 14.9. The number of anilines is 1. The van der Waals surface area contributed by atoms with Crippen molar-refractivity contribution in [2.24, 2.45) is 0 Å². The van der Waals surface area contributed by atoms with E-state index >= 15 is 0 Å². The molecule has 0 spiro atoms. The molecule has 0 fully saturated rings. The number of H-pyrrole nitrogens is 2. The van der Waals surface area contributed by atoms with E-state index in [2.05, 4.69) is 0 Å². The molecule has 0 unspecified atom stereocenters. The first-order chi connectivity index (χ1) is 9.29. The fourth-order valence-corrected chi connectivity index (χ4v) is 2.60. The maximum atomic E-state index is 13.0. The number of nitrogens with one attached hydrogen (secondary N) is 3. The summed E-state index contributed by atoms with van der Waals surface area (Å²) in [6.45, 7) is 0. The SMILES string of the molecule is O=c1[nH]cc(S(=O)(=O)Nc2ccc(F)c(Cl)c2)c(=O)[nH]1. The van der Waals surface area contributed by atoms with E-state index in [-0.39, 0.29) is 10.7 Å². The minimum Gasteiger partial charge on any atom is -0.313 e. The van der Waals surface area contributed by atoms with Crippen LogP contribution in [0, 0.1) is 5.82 Å². The van der Waals surface area contributed by atoms with Gasteiger partial charge in [-0.25, -0.2) is 17.6 Å². The normalized spacial score (nSPS) is 11.3. The Morgan fingerprint density at radius 3 is 2.55 bits per heavy atom. The highest BCUT2D eigenvalue weighted by Crippen LogP contribution is 2.21. The summed E-state index contributed by atoms with van der Waals surface area (Å²) in [6, 6.07) is 3.16. The third kappa shape index (κ3) is 2.89. The van der Waals surface area contributed by atoms with Crippen LogP contribution >= 0.6 is 11.6 Å². The third-order valence-electron chi connectivity index (χ3n) is 2.25. The van der Waals surface area contributed by atoms with Gasteiger partial charge in [-0.05, 0) is 18.2 Å². The molecule has 0 saturated carbocycles. The summed E-state index contributed by atoms with van der Waals surface area (Å²) in [7, 11) is -4.24. The summed E-state index contributed by atoms with van der Waals surface area (Å²) in [4.78, 5) is 25.4. The Bertz CT molecular complexity index is 875. The number of rotatable bonds is 3. The molecular formula is C10H7ClFN3O4S. The van der Waals surface area contributed by atoms with Crippen LogP contribution in [0.4, 0.5) is 10.1 Å². The third-order valence-corrected chi connectivity index (χ3v) is 3.92. The van der Waals surface area contributed by atoms with Gasteiger partial charge in [-0.1, -0.05) is 11.6 Å². The molecule has 1 aromatic carbocycles. The number of hydrogen-bond donors (Lipinski definition) is 3. The molecule has 0 aliphatic carbocycles. The van der Waals surface area contributed by atoms with Gasteiger partial charge in [-0.3, -0.25) is 14.5 Å². The van der Waals surface area contributed by atoms with Crippen LogP contribution in [0.25, 0.3) is 0 Å². The van der Waals surface area contributed by atoms with Crippen molar-refractivity contribution in [3.63, 3.8) is 0 Å². The van der Waals surface area contributed by atoms with Gasteiger partial charge in [0.2, 0.25) is 0 Å². The Labute approximate surface area is 116 Å². The molecule has 10 heteroatoms. The lowest BCUT2D eigenvalue weighted by Crippen LogP contribution is -2.29. The van der Waals surface area contributed by atoms with Crippen molar-refractivity contribution in [3.05, 3.63) is 56.1 Å². The summed E-state index contributed by atoms with van der Waals surface area (Å²) in [5.74, 6) is -0.712. The first-order valence-electron chi connectivity index (χ1n) is 5.09. The molecule has 1 aromatic heterocycles. The largest absolute Gasteiger partial charge is 0.325 e. The maximum Gasteiger partial charge on any atom is 0.325 e. The smallest absolute Gasteiger partial charge is 0.313 e. The molecule has 0 aliphatic rings. The molecular weight excluding hydrogens is 313 g/mol. The van der Waals surface area contributed by atoms with Crippen molar-refractivity contribution in [2.75, 3.05) is 4.72 Å². The molecule has 2 aromatic rings. The van der Waals surface area contributed by atoms with E-state index in [0.29, 0.717) is 0 Å². The van der Waals surface area contributed by atoms with Gasteiger partial charge in [0.15, 0.2) is 4.90 Å². The molecule has 7 nitrogen and oxygen atoms in total. The summed E-state index contributed by atoms with van der Waals surface area (Å²) < 4.78 is 38.9. The summed E-state index contributed by atoms with van der Waals surface area (Å²) in [5.41, 5.74) is -1.93. The second-order valence-corrected chi connectivity index (χ2v) is 5.73. The lowest BCUT2D eigenvalue weighted by atomic mass is 10.3. The van der Waals surface area contributed by atoms with Crippen LogP contribution in [0.2, 0.25) is 5.02 Å². The van der Waals surface area contributed by atoms with Crippen LogP contribution in [0.1, 0.15) is 0 Å². The maximum absolute atomic E-state index is 13.0. The lowest BCUT2D eigenvalue weighted by Gasteiger charge is -2.07. The van der Waals surface area contributed by atoms with Crippen molar-refractivity contribution >= 4 is 27.3 Å². The first kappa shape index (κ1) is 14.3. The van der Waals surface area contributed by atoms with Crippen LogP contribution in [-0.2, 0) is 10.0 Å². The number of aromatic nitrogens is 2. The monoisotopic (exact) mass is 319 g/mol. The number of hydrogen-bond acceptors (Lipinski definition) is 4. The summed E-state index contributed by atoms with van der Waals surface area (Å²) >= 11 is 5.52. The van der Waals surface area contributed by atoms with Crippen molar-refractivity contribution < 1.29 is 12.8 Å². The minimum absolute atomic E-state index is 0.0259. The van der Waals surface area contributed by atoms with Gasteiger partial charge in [0.25, 0.3) is 15.6 Å². The zero-order valence-electron chi connectivity index (χ0n) is 9.61. The van der Waals surface area contributed by atoms with Gasteiger partial charge in [0.05, 0.1) is 10.7 Å². The van der Waals surface area contributed by atoms with Crippen molar-refractivity contribution in [1.29, 1.82) is 0 Å². The molecule has 106 valence electrons. The lowest BCUT2D eigenvalue weighted by molar-refractivity contribution is 0.598. The van der Waals surface area contributed by atoms with Gasteiger partial charge in [0, 0.05) is 6.20 Å². The molecule has 0 radical (unpaired) electrons. The Morgan fingerprint density at radius 2 is 1.95 bits per heavy atom. The average molecular weight is 320 g/mol. The van der Waals surface area contributed by atoms with Gasteiger partial charge in [0.1, 0.15) is 5.82 Å². The van der Waals surface area contributed by atoms with E-state index in [9.17, 15) is 22.4 Å². The summed E-state index contributed by atoms with van der Waals surface area (Å²) in [5, 5.41) is -0.277. The number of benzene rings is 1. The predicted molar refractivity (Wildman–Crippen MR) is 69.9 cm³/mol. The molecule has 2 rings (SSSR count). The Morgan fingerprint density at radius 1 is 1.25 bits per heavy atom. The van der Waals surface area contributed by atoms with Crippen molar-refractivity contribution in [2.45, 2.75) is 4.90 Å². The molecule has 1 heterocycles. The van der Waals surface area contributed by atoms with Gasteiger partial charge >= 0.3 is 5.69 Å². The van der Waals surface area contributed by atoms with Crippen molar-refractivity contribution in [1.82, 2.24) is 9.97 Å². The van der Waals surface area contributed by atoms with E-state index in [4.69, 9.17) is 11.6 Å². The first-order valence-corrected chi connectivity index (χ1v) is 6.95. The highest BCUT2D eigenvalue weighted by Gasteiger charge is 2.19. The highest BCUT2D eigenvalue weighted by atomic mass is 35.5. The van der Waals surface area contributed by atoms with Crippen LogP contribution < -0.4 is 16.0 Å². The second kappa shape index (κ2) is 5.10. The topological polar surface area (TPSA) is 112 Å². The molecule has 0 saturated heterocycles. The fraction of sp³-hybridized carbons (Fsp3) is 0. The van der Waals surface area contributed by atoms with E-state index in [1.54, 1.807) is 4.98 Å². The predicted octanol–water partition coefficient (Wildman–Crippen LogP) is 0.656. The van der Waals surface area contributed by atoms with Gasteiger partial charge in [-0.2, -0.15) is 0 Å². The average Bonchev–Trinajstić information content (AvgIpc) is 2.33. The van der Waals surface area contributed by atoms with Crippen LogP contribution in [0.5, 0.6) is 0 Å². The molecule has 3 N–H and O–H groups in total. The Kier molecular flexibility index (Phi) is 3.64. The zero-order valence-corrected chi connectivity index (χ0v) is 11.2. The number of sulfonamides is 1. The van der Waals surface area contributed by atoms with Crippen LogP contribution in [0.3, 0.4) is 0 Å². The number of halogens is 2. The van der Waals surface area contributed by atoms with E-state index in [0.717, 1.165) is 24.4 Å². The standard InChI is InChI=1S/C10H7ClFN3O4S/c11-6-3-5(1-2-7(6)12)15-20(18,19)8-4-13-10(17)14-9(8)16/h1-4,15H,(H2,13,14,16,17). The molecule has 0 atom stereocenters. The molecule has 0 bridgehead atoms. The molecule has 20 heavy (non-hydrogen) atoms. The molecule has 0 amide bonds. The molecule has 0 aliphatic heterocycles. The Balaban J connectivity index is 2.43. The van der Waals surface area contributed by atoms with E-state index in [1.807, 2.05) is 9.71 Å². The van der Waals surface area contributed by atoms with Crippen LogP contribution in [0.15, 0.2) is 38.9 Å².